The van der Waals surface area contributed by atoms with Crippen LogP contribution in [-0.4, -0.2) is 9.97 Å². The lowest BCUT2D eigenvalue weighted by Crippen LogP contribution is -1.91. The van der Waals surface area contributed by atoms with Gasteiger partial charge in [-0.3, -0.25) is 0 Å². The van der Waals surface area contributed by atoms with Gasteiger partial charge >= 0.3 is 0 Å². The molecule has 0 amide bonds. The number of halogens is 1. The Hall–Kier alpha value is -0.630. The molecule has 0 saturated carbocycles. The Kier molecular flexibility index (Phi) is 2.01. The molecule has 1 rings (SSSR count). The van der Waals surface area contributed by atoms with Crippen molar-refractivity contribution < 1.29 is 0 Å². The average Bonchev–Trinajstić information content (AvgIpc) is 1.90. The van der Waals surface area contributed by atoms with Crippen molar-refractivity contribution in [2.75, 3.05) is 0 Å². The highest BCUT2D eigenvalue weighted by atomic mass is 35.5. The fourth-order valence-electron chi connectivity index (χ4n) is 0.516. The number of alkyl halides is 1. The first-order valence-corrected chi connectivity index (χ1v) is 3.15. The molecule has 1 aromatic rings. The van der Waals surface area contributed by atoms with E-state index in [0.717, 1.165) is 0 Å². The van der Waals surface area contributed by atoms with Gasteiger partial charge in [-0.1, -0.05) is 0 Å². The summed E-state index contributed by atoms with van der Waals surface area (Å²) < 4.78 is 0. The number of rotatable bonds is 1. The van der Waals surface area contributed by atoms with Gasteiger partial charge in [0.15, 0.2) is 0 Å². The van der Waals surface area contributed by atoms with E-state index in [4.69, 9.17) is 11.6 Å². The van der Waals surface area contributed by atoms with E-state index in [1.54, 1.807) is 18.5 Å². The number of hydrogen-bond acceptors (Lipinski definition) is 2. The van der Waals surface area contributed by atoms with Crippen LogP contribution in [0.15, 0.2) is 18.5 Å². The van der Waals surface area contributed by atoms with Crippen LogP contribution in [0.3, 0.4) is 0 Å². The van der Waals surface area contributed by atoms with Crippen LogP contribution in [0.1, 0.15) is 18.1 Å². The molecule has 0 aromatic carbocycles. The van der Waals surface area contributed by atoms with Gasteiger partial charge in [-0.2, -0.15) is 0 Å². The van der Waals surface area contributed by atoms with Crippen molar-refractivity contribution in [3.05, 3.63) is 24.3 Å². The second kappa shape index (κ2) is 2.78. The van der Waals surface area contributed by atoms with Crippen molar-refractivity contribution in [3.8, 4) is 0 Å². The SMILES string of the molecule is CC(Cl)c1ncccn1. The minimum absolute atomic E-state index is 0.0915. The summed E-state index contributed by atoms with van der Waals surface area (Å²) in [5, 5.41) is -0.0915. The molecule has 0 spiro atoms. The van der Waals surface area contributed by atoms with Gasteiger partial charge in [0, 0.05) is 12.4 Å². The predicted molar refractivity (Wildman–Crippen MR) is 36.3 cm³/mol. The van der Waals surface area contributed by atoms with Crippen LogP contribution in [0.4, 0.5) is 0 Å². The smallest absolute Gasteiger partial charge is 0.145 e. The van der Waals surface area contributed by atoms with Crippen LogP contribution in [0.5, 0.6) is 0 Å². The minimum atomic E-state index is -0.0915. The van der Waals surface area contributed by atoms with Gasteiger partial charge in [0.05, 0.1) is 5.38 Å². The molecule has 3 heteroatoms. The summed E-state index contributed by atoms with van der Waals surface area (Å²) in [6.07, 6.45) is 3.36. The number of nitrogens with zero attached hydrogens (tertiary/aromatic N) is 2. The monoisotopic (exact) mass is 142 g/mol. The molecule has 2 nitrogen and oxygen atoms in total. The van der Waals surface area contributed by atoms with Gasteiger partial charge in [-0.05, 0) is 13.0 Å². The third-order valence-electron chi connectivity index (χ3n) is 0.942. The quantitative estimate of drug-likeness (QED) is 0.559. The molecule has 0 bridgehead atoms. The normalized spacial score (nSPS) is 13.1. The topological polar surface area (TPSA) is 25.8 Å². The van der Waals surface area contributed by atoms with E-state index < -0.39 is 0 Å². The highest BCUT2D eigenvalue weighted by Crippen LogP contribution is 2.12. The molecule has 0 saturated heterocycles. The average molecular weight is 143 g/mol. The van der Waals surface area contributed by atoms with Crippen molar-refractivity contribution in [2.45, 2.75) is 12.3 Å². The molecule has 1 aromatic heterocycles. The summed E-state index contributed by atoms with van der Waals surface area (Å²) in [6.45, 7) is 1.84. The first kappa shape index (κ1) is 6.49. The Labute approximate surface area is 58.9 Å². The molecule has 0 radical (unpaired) electrons. The predicted octanol–water partition coefficient (Wildman–Crippen LogP) is 1.78. The zero-order valence-corrected chi connectivity index (χ0v) is 5.84. The van der Waals surface area contributed by atoms with Gasteiger partial charge in [0.25, 0.3) is 0 Å². The Morgan fingerprint density at radius 3 is 2.33 bits per heavy atom. The maximum Gasteiger partial charge on any atom is 0.145 e. The summed E-state index contributed by atoms with van der Waals surface area (Å²) in [7, 11) is 0. The van der Waals surface area contributed by atoms with Gasteiger partial charge in [-0.25, -0.2) is 9.97 Å². The fraction of sp³-hybridized carbons (Fsp3) is 0.333. The fourth-order valence-corrected chi connectivity index (χ4v) is 0.629. The molecule has 0 aliphatic rings. The lowest BCUT2D eigenvalue weighted by atomic mass is 10.4. The van der Waals surface area contributed by atoms with Crippen molar-refractivity contribution in [1.82, 2.24) is 9.97 Å². The van der Waals surface area contributed by atoms with E-state index in [9.17, 15) is 0 Å². The highest BCUT2D eigenvalue weighted by Gasteiger charge is 2.00. The van der Waals surface area contributed by atoms with Gasteiger partial charge in [0.2, 0.25) is 0 Å². The van der Waals surface area contributed by atoms with Crippen LogP contribution < -0.4 is 0 Å². The molecule has 9 heavy (non-hydrogen) atoms. The van der Waals surface area contributed by atoms with Crippen molar-refractivity contribution in [2.24, 2.45) is 0 Å². The summed E-state index contributed by atoms with van der Waals surface area (Å²) >= 11 is 5.68. The van der Waals surface area contributed by atoms with Gasteiger partial charge in [0.1, 0.15) is 5.82 Å². The Bertz CT molecular complexity index is 174. The van der Waals surface area contributed by atoms with Gasteiger partial charge < -0.3 is 0 Å². The van der Waals surface area contributed by atoms with Crippen LogP contribution in [0.2, 0.25) is 0 Å². The Balaban J connectivity index is 2.85. The summed E-state index contributed by atoms with van der Waals surface area (Å²) in [5.41, 5.74) is 0. The standard InChI is InChI=1S/C6H7ClN2/c1-5(7)6-8-3-2-4-9-6/h2-5H,1H3. The molecule has 48 valence electrons. The van der Waals surface area contributed by atoms with Crippen molar-refractivity contribution in [1.29, 1.82) is 0 Å². The first-order chi connectivity index (χ1) is 4.30. The largest absolute Gasteiger partial charge is 0.240 e. The van der Waals surface area contributed by atoms with E-state index in [1.165, 1.54) is 0 Å². The van der Waals surface area contributed by atoms with E-state index in [1.807, 2.05) is 6.92 Å². The third kappa shape index (κ3) is 1.64. The number of hydrogen-bond donors (Lipinski definition) is 0. The Morgan fingerprint density at radius 2 is 2.00 bits per heavy atom. The van der Waals surface area contributed by atoms with E-state index in [2.05, 4.69) is 9.97 Å². The Morgan fingerprint density at radius 1 is 1.44 bits per heavy atom. The van der Waals surface area contributed by atoms with Crippen LogP contribution in [0, 0.1) is 0 Å². The molecule has 0 N–H and O–H groups in total. The lowest BCUT2D eigenvalue weighted by molar-refractivity contribution is 0.910. The van der Waals surface area contributed by atoms with Crippen molar-refractivity contribution in [3.63, 3.8) is 0 Å². The summed E-state index contributed by atoms with van der Waals surface area (Å²) in [5.74, 6) is 0.680. The minimum Gasteiger partial charge on any atom is -0.240 e. The van der Waals surface area contributed by atoms with E-state index >= 15 is 0 Å². The second-order valence-electron chi connectivity index (χ2n) is 1.72. The van der Waals surface area contributed by atoms with Crippen LogP contribution in [-0.2, 0) is 0 Å². The molecule has 1 unspecified atom stereocenters. The zero-order chi connectivity index (χ0) is 6.69. The molecule has 0 fully saturated rings. The van der Waals surface area contributed by atoms with E-state index in [0.29, 0.717) is 5.82 Å². The lowest BCUT2D eigenvalue weighted by Gasteiger charge is -1.96. The molecule has 1 heterocycles. The third-order valence-corrected chi connectivity index (χ3v) is 1.14. The molecule has 1 atom stereocenters. The molecule has 0 aliphatic heterocycles. The summed E-state index contributed by atoms with van der Waals surface area (Å²) in [6, 6.07) is 1.77. The molecular formula is C6H7ClN2. The highest BCUT2D eigenvalue weighted by molar-refractivity contribution is 6.20. The molecule has 0 aliphatic carbocycles. The first-order valence-electron chi connectivity index (χ1n) is 2.71. The maximum atomic E-state index is 5.68. The van der Waals surface area contributed by atoms with Crippen LogP contribution >= 0.6 is 11.6 Å². The maximum absolute atomic E-state index is 5.68. The number of aromatic nitrogens is 2. The molecular weight excluding hydrogens is 136 g/mol. The van der Waals surface area contributed by atoms with Crippen LogP contribution in [0.25, 0.3) is 0 Å². The zero-order valence-electron chi connectivity index (χ0n) is 5.08. The van der Waals surface area contributed by atoms with E-state index in [-0.39, 0.29) is 5.38 Å². The summed E-state index contributed by atoms with van der Waals surface area (Å²) in [4.78, 5) is 7.87. The second-order valence-corrected chi connectivity index (χ2v) is 2.38. The van der Waals surface area contributed by atoms with Crippen molar-refractivity contribution >= 4 is 11.6 Å². The van der Waals surface area contributed by atoms with Gasteiger partial charge in [-0.15, -0.1) is 11.6 Å².